The molecule has 0 bridgehead atoms. The van der Waals surface area contributed by atoms with Crippen LogP contribution in [0.25, 0.3) is 0 Å². The molecular weight excluding hydrogens is 505 g/mol. The van der Waals surface area contributed by atoms with Crippen molar-refractivity contribution in [3.8, 4) is 0 Å². The van der Waals surface area contributed by atoms with Crippen molar-refractivity contribution in [1.29, 1.82) is 0 Å². The molecule has 0 aromatic rings. The van der Waals surface area contributed by atoms with Gasteiger partial charge < -0.3 is 25.3 Å². The fourth-order valence-corrected chi connectivity index (χ4v) is 2.88. The molecule has 0 aliphatic heterocycles. The van der Waals surface area contributed by atoms with Crippen molar-refractivity contribution in [3.63, 3.8) is 0 Å². The van der Waals surface area contributed by atoms with Gasteiger partial charge in [0, 0.05) is 0 Å². The van der Waals surface area contributed by atoms with E-state index in [4.69, 9.17) is 25.3 Å². The van der Waals surface area contributed by atoms with E-state index in [1.54, 1.807) is 0 Å². The van der Waals surface area contributed by atoms with Crippen molar-refractivity contribution in [1.82, 2.24) is 0 Å². The molecule has 0 aliphatic rings. The zero-order valence-electron chi connectivity index (χ0n) is 16.3. The maximum atomic E-state index is 4.87. The van der Waals surface area contributed by atoms with Crippen LogP contribution < -0.4 is 0 Å². The molecule has 0 aromatic heterocycles. The molecule has 0 fully saturated rings. The molecule has 3 heteroatoms. The summed E-state index contributed by atoms with van der Waals surface area (Å²) in [6, 6.07) is 0. The number of hydrogen-bond acceptors (Lipinski definition) is 2. The molecule has 0 nitrogen and oxygen atoms in total. The van der Waals surface area contributed by atoms with Crippen molar-refractivity contribution in [2.75, 3.05) is 11.5 Å². The second-order valence-corrected chi connectivity index (χ2v) is 7.17. The van der Waals surface area contributed by atoms with Gasteiger partial charge in [0.2, 0.25) is 0 Å². The average Bonchev–Trinajstić information content (AvgIpc) is 2.54. The minimum atomic E-state index is 0. The second kappa shape index (κ2) is 31.4. The first-order chi connectivity index (χ1) is 10.8. The topological polar surface area (TPSA) is 0 Å². The Bertz CT molecular complexity index is 132. The van der Waals surface area contributed by atoms with Crippen LogP contribution in [-0.4, -0.2) is 11.5 Å². The van der Waals surface area contributed by atoms with Gasteiger partial charge in [-0.15, -0.1) is 0 Å². The van der Waals surface area contributed by atoms with E-state index < -0.39 is 0 Å². The first-order valence-electron chi connectivity index (χ1n) is 9.99. The van der Waals surface area contributed by atoms with E-state index in [0.29, 0.717) is 0 Å². The van der Waals surface area contributed by atoms with Gasteiger partial charge in [-0.3, -0.25) is 0 Å². The Morgan fingerprint density at radius 3 is 0.826 bits per heavy atom. The molecule has 0 saturated carbocycles. The predicted octanol–water partition coefficient (Wildman–Crippen LogP) is 7.35. The Morgan fingerprint density at radius 2 is 0.609 bits per heavy atom. The fourth-order valence-electron chi connectivity index (χ4n) is 2.47. The van der Waals surface area contributed by atoms with Crippen LogP contribution in [0.15, 0.2) is 0 Å². The average molecular weight is 547 g/mol. The van der Waals surface area contributed by atoms with Crippen LogP contribution in [0.5, 0.6) is 0 Å². The first kappa shape index (κ1) is 29.4. The summed E-state index contributed by atoms with van der Waals surface area (Å²) in [5, 5.41) is 0. The third kappa shape index (κ3) is 35.6. The molecule has 0 saturated heterocycles. The third-order valence-electron chi connectivity index (χ3n) is 4.00. The maximum Gasteiger partial charge on any atom is 2.00 e. The van der Waals surface area contributed by atoms with E-state index in [2.05, 4.69) is 13.8 Å². The molecule has 0 rings (SSSR count). The van der Waals surface area contributed by atoms with Crippen LogP contribution in [-0.2, 0) is 52.9 Å². The van der Waals surface area contributed by atoms with E-state index in [1.165, 1.54) is 103 Å². The van der Waals surface area contributed by atoms with Crippen LogP contribution in [0.3, 0.4) is 0 Å². The molecule has 0 aromatic carbocycles. The van der Waals surface area contributed by atoms with Gasteiger partial charge in [-0.2, -0.15) is 11.5 Å². The Morgan fingerprint density at radius 1 is 0.391 bits per heavy atom. The van der Waals surface area contributed by atoms with E-state index in [9.17, 15) is 0 Å². The predicted molar refractivity (Wildman–Crippen MR) is 110 cm³/mol. The minimum absolute atomic E-state index is 0. The number of hydrogen-bond donors (Lipinski definition) is 0. The Hall–Kier alpha value is 1.64. The van der Waals surface area contributed by atoms with Gasteiger partial charge in [-0.1, -0.05) is 117 Å². The standard InChI is InChI=1S/2C10H22S.Hg/c2*1-2-3-4-5-6-7-8-9-10-11;/h2*11H,2-10H2,1H3;/q;;+2/p-2. The van der Waals surface area contributed by atoms with Gasteiger partial charge in [-0.05, 0) is 0 Å². The summed E-state index contributed by atoms with van der Waals surface area (Å²) >= 11 is 9.74. The molecule has 0 atom stereocenters. The van der Waals surface area contributed by atoms with Gasteiger partial charge >= 0.3 is 27.7 Å². The van der Waals surface area contributed by atoms with Crippen LogP contribution in [0.1, 0.15) is 117 Å². The minimum Gasteiger partial charge on any atom is -0.793 e. The van der Waals surface area contributed by atoms with Gasteiger partial charge in [0.05, 0.1) is 0 Å². The normalized spacial score (nSPS) is 9.91. The Labute approximate surface area is 180 Å². The molecule has 136 valence electrons. The summed E-state index contributed by atoms with van der Waals surface area (Å²) < 4.78 is 0. The number of unbranched alkanes of at least 4 members (excludes halogenated alkanes) is 14. The Balaban J connectivity index is -0.000000333. The fraction of sp³-hybridized carbons (Fsp3) is 1.00. The van der Waals surface area contributed by atoms with E-state index in [1.807, 2.05) is 0 Å². The van der Waals surface area contributed by atoms with Crippen molar-refractivity contribution >= 4 is 25.3 Å². The smallest absolute Gasteiger partial charge is 0.793 e. The molecule has 23 heavy (non-hydrogen) atoms. The molecule has 0 spiro atoms. The van der Waals surface area contributed by atoms with Gasteiger partial charge in [0.15, 0.2) is 0 Å². The Kier molecular flexibility index (Phi) is 40.1. The molecule has 0 amide bonds. The third-order valence-corrected chi connectivity index (χ3v) is 4.57. The molecule has 0 aliphatic carbocycles. The molecule has 0 N–H and O–H groups in total. The largest absolute Gasteiger partial charge is 2.00 e. The van der Waals surface area contributed by atoms with Gasteiger partial charge in [-0.25, -0.2) is 0 Å². The summed E-state index contributed by atoms with van der Waals surface area (Å²) in [7, 11) is 0. The van der Waals surface area contributed by atoms with Crippen molar-refractivity contribution in [2.45, 2.75) is 117 Å². The number of rotatable bonds is 16. The molecular formula is C20H42HgS2. The van der Waals surface area contributed by atoms with Crippen LogP contribution in [0.4, 0.5) is 0 Å². The maximum absolute atomic E-state index is 4.87. The monoisotopic (exact) mass is 548 g/mol. The van der Waals surface area contributed by atoms with E-state index in [-0.39, 0.29) is 27.7 Å². The zero-order chi connectivity index (χ0) is 16.7. The van der Waals surface area contributed by atoms with E-state index in [0.717, 1.165) is 11.5 Å². The zero-order valence-corrected chi connectivity index (χ0v) is 23.4. The van der Waals surface area contributed by atoms with Crippen LogP contribution in [0, 0.1) is 0 Å². The summed E-state index contributed by atoms with van der Waals surface area (Å²) in [5.74, 6) is 1.91. The summed E-state index contributed by atoms with van der Waals surface area (Å²) in [5.41, 5.74) is 0. The summed E-state index contributed by atoms with van der Waals surface area (Å²) in [4.78, 5) is 0. The van der Waals surface area contributed by atoms with Gasteiger partial charge in [0.25, 0.3) is 0 Å². The molecule has 0 heterocycles. The van der Waals surface area contributed by atoms with Gasteiger partial charge in [0.1, 0.15) is 0 Å². The van der Waals surface area contributed by atoms with Crippen molar-refractivity contribution in [3.05, 3.63) is 0 Å². The van der Waals surface area contributed by atoms with Crippen molar-refractivity contribution < 1.29 is 27.7 Å². The first-order valence-corrected chi connectivity index (χ1v) is 11.1. The SMILES string of the molecule is CCCCCCCCCC[S-].CCCCCCCCCC[S-].[Hg+2]. The molecule has 0 unspecified atom stereocenters. The van der Waals surface area contributed by atoms with Crippen LogP contribution >= 0.6 is 0 Å². The van der Waals surface area contributed by atoms with Crippen molar-refractivity contribution in [2.24, 2.45) is 0 Å². The summed E-state index contributed by atoms with van der Waals surface area (Å²) in [6.07, 6.45) is 22.2. The molecule has 0 radical (unpaired) electrons. The summed E-state index contributed by atoms with van der Waals surface area (Å²) in [6.45, 7) is 4.52. The quantitative estimate of drug-likeness (QED) is 0.113. The van der Waals surface area contributed by atoms with Crippen LogP contribution in [0.2, 0.25) is 0 Å². The second-order valence-electron chi connectivity index (χ2n) is 6.36. The van der Waals surface area contributed by atoms with E-state index >= 15 is 0 Å².